The van der Waals surface area contributed by atoms with Crippen LogP contribution < -0.4 is 5.32 Å². The van der Waals surface area contributed by atoms with E-state index >= 15 is 0 Å². The summed E-state index contributed by atoms with van der Waals surface area (Å²) < 4.78 is 28.6. The van der Waals surface area contributed by atoms with Crippen LogP contribution in [0.3, 0.4) is 0 Å². The van der Waals surface area contributed by atoms with Crippen molar-refractivity contribution in [3.63, 3.8) is 0 Å². The number of carbonyl (C=O) groups is 1. The molecular weight excluding hydrogens is 300 g/mol. The molecule has 0 saturated heterocycles. The first-order valence-electron chi connectivity index (χ1n) is 6.49. The molecule has 3 nitrogen and oxygen atoms in total. The molecule has 0 saturated carbocycles. The monoisotopic (exact) mass is 318 g/mol. The van der Waals surface area contributed by atoms with Crippen molar-refractivity contribution in [1.82, 2.24) is 5.32 Å². The third kappa shape index (κ3) is 6.40. The second-order valence-corrected chi connectivity index (χ2v) is 6.05. The summed E-state index contributed by atoms with van der Waals surface area (Å²) in [5.74, 6) is -0.132. The molecule has 0 heterocycles. The van der Waals surface area contributed by atoms with E-state index in [0.717, 1.165) is 5.56 Å². The summed E-state index contributed by atoms with van der Waals surface area (Å²) in [7, 11) is 0. The second kappa shape index (κ2) is 7.71. The van der Waals surface area contributed by atoms with Crippen LogP contribution in [-0.4, -0.2) is 19.1 Å². The highest BCUT2D eigenvalue weighted by atomic mass is 35.5. The van der Waals surface area contributed by atoms with Crippen molar-refractivity contribution in [2.24, 2.45) is 5.41 Å². The summed E-state index contributed by atoms with van der Waals surface area (Å²) in [5, 5.41) is 3.27. The van der Waals surface area contributed by atoms with Gasteiger partial charge in [0, 0.05) is 11.6 Å². The zero-order valence-corrected chi connectivity index (χ0v) is 13.0. The maximum absolute atomic E-state index is 12.2. The normalized spacial score (nSPS) is 12.0. The average molecular weight is 319 g/mol. The smallest absolute Gasteiger partial charge is 0.345 e. The van der Waals surface area contributed by atoms with Gasteiger partial charge in [0.15, 0.2) is 0 Å². The SMILES string of the molecule is CC(C)(C)[C](COC(F)F)C(=O)NCc1cccc(Cl)c1. The molecule has 0 unspecified atom stereocenters. The van der Waals surface area contributed by atoms with Crippen LogP contribution in [0.15, 0.2) is 24.3 Å². The van der Waals surface area contributed by atoms with Crippen LogP contribution >= 0.6 is 11.6 Å². The standard InChI is InChI=1S/C15H19ClF2NO2/c1-15(2,3)12(9-21-14(17)18)13(20)19-8-10-5-4-6-11(16)7-10/h4-7,14H,8-9H2,1-3H3,(H,19,20). The Morgan fingerprint density at radius 3 is 2.57 bits per heavy atom. The highest BCUT2D eigenvalue weighted by Crippen LogP contribution is 2.29. The second-order valence-electron chi connectivity index (χ2n) is 5.61. The maximum atomic E-state index is 12.2. The molecule has 0 aliphatic carbocycles. The summed E-state index contributed by atoms with van der Waals surface area (Å²) in [6, 6.07) is 7.06. The Balaban J connectivity index is 2.64. The molecule has 21 heavy (non-hydrogen) atoms. The van der Waals surface area contributed by atoms with Crippen molar-refractivity contribution < 1.29 is 18.3 Å². The van der Waals surface area contributed by atoms with E-state index in [4.69, 9.17) is 11.6 Å². The number of benzene rings is 1. The maximum Gasteiger partial charge on any atom is 0.345 e. The highest BCUT2D eigenvalue weighted by Gasteiger charge is 2.33. The van der Waals surface area contributed by atoms with Gasteiger partial charge in [0.05, 0.1) is 12.5 Å². The van der Waals surface area contributed by atoms with Crippen molar-refractivity contribution in [3.05, 3.63) is 40.8 Å². The van der Waals surface area contributed by atoms with E-state index in [0.29, 0.717) is 5.02 Å². The van der Waals surface area contributed by atoms with Crippen LogP contribution in [0.1, 0.15) is 26.3 Å². The number of rotatable bonds is 6. The molecule has 1 radical (unpaired) electrons. The van der Waals surface area contributed by atoms with Gasteiger partial charge in [-0.15, -0.1) is 0 Å². The Morgan fingerprint density at radius 1 is 1.38 bits per heavy atom. The van der Waals surface area contributed by atoms with Crippen molar-refractivity contribution in [2.75, 3.05) is 6.61 Å². The molecule has 0 atom stereocenters. The largest absolute Gasteiger partial charge is 0.351 e. The summed E-state index contributed by atoms with van der Waals surface area (Å²) >= 11 is 5.86. The molecule has 1 aromatic carbocycles. The Kier molecular flexibility index (Phi) is 6.55. The van der Waals surface area contributed by atoms with Crippen molar-refractivity contribution >= 4 is 17.5 Å². The molecule has 0 aliphatic heterocycles. The number of halogens is 3. The lowest BCUT2D eigenvalue weighted by Gasteiger charge is -2.28. The zero-order chi connectivity index (χ0) is 16.0. The number of ether oxygens (including phenoxy) is 1. The molecule has 0 spiro atoms. The van der Waals surface area contributed by atoms with E-state index < -0.39 is 24.5 Å². The summed E-state index contributed by atoms with van der Waals surface area (Å²) in [6.45, 7) is 2.29. The minimum atomic E-state index is -2.90. The topological polar surface area (TPSA) is 38.3 Å². The lowest BCUT2D eigenvalue weighted by Crippen LogP contribution is -2.39. The fourth-order valence-corrected chi connectivity index (χ4v) is 1.92. The fraction of sp³-hybridized carbons (Fsp3) is 0.467. The predicted octanol–water partition coefficient (Wildman–Crippen LogP) is 3.82. The first-order valence-corrected chi connectivity index (χ1v) is 6.86. The van der Waals surface area contributed by atoms with Crippen LogP contribution in [0.5, 0.6) is 0 Å². The molecule has 1 rings (SSSR count). The molecule has 6 heteroatoms. The van der Waals surface area contributed by atoms with Gasteiger partial charge in [0.1, 0.15) is 0 Å². The quantitative estimate of drug-likeness (QED) is 0.866. The lowest BCUT2D eigenvalue weighted by atomic mass is 9.80. The third-order valence-corrected chi connectivity index (χ3v) is 3.11. The van der Waals surface area contributed by atoms with E-state index in [9.17, 15) is 13.6 Å². The van der Waals surface area contributed by atoms with Gasteiger partial charge in [0.2, 0.25) is 5.91 Å². The predicted molar refractivity (Wildman–Crippen MR) is 78.0 cm³/mol. The van der Waals surface area contributed by atoms with Gasteiger partial charge >= 0.3 is 6.61 Å². The van der Waals surface area contributed by atoms with E-state index in [-0.39, 0.29) is 12.5 Å². The zero-order valence-electron chi connectivity index (χ0n) is 12.3. The number of carbonyl (C=O) groups excluding carboxylic acids is 1. The number of hydrogen-bond acceptors (Lipinski definition) is 2. The number of amides is 1. The molecule has 0 fully saturated rings. The molecule has 0 bridgehead atoms. The molecule has 1 aromatic rings. The Hall–Kier alpha value is -1.20. The molecule has 1 N–H and O–H groups in total. The lowest BCUT2D eigenvalue weighted by molar-refractivity contribution is -0.137. The first-order chi connectivity index (χ1) is 9.70. The van der Waals surface area contributed by atoms with Crippen LogP contribution in [-0.2, 0) is 16.1 Å². The number of hydrogen-bond donors (Lipinski definition) is 1. The third-order valence-electron chi connectivity index (χ3n) is 2.88. The minimum Gasteiger partial charge on any atom is -0.351 e. The van der Waals surface area contributed by atoms with Gasteiger partial charge in [-0.1, -0.05) is 44.5 Å². The van der Waals surface area contributed by atoms with Crippen LogP contribution in [0.4, 0.5) is 8.78 Å². The number of alkyl halides is 2. The molecule has 1 amide bonds. The minimum absolute atomic E-state index is 0.268. The van der Waals surface area contributed by atoms with E-state index in [1.807, 2.05) is 6.07 Å². The van der Waals surface area contributed by atoms with Gasteiger partial charge in [-0.05, 0) is 23.1 Å². The summed E-state index contributed by atoms with van der Waals surface area (Å²) in [4.78, 5) is 12.2. The highest BCUT2D eigenvalue weighted by molar-refractivity contribution is 6.30. The Labute approximate surface area is 128 Å². The molecule has 117 valence electrons. The Morgan fingerprint density at radius 2 is 2.05 bits per heavy atom. The van der Waals surface area contributed by atoms with Gasteiger partial charge in [-0.25, -0.2) is 0 Å². The summed E-state index contributed by atoms with van der Waals surface area (Å²) in [5.41, 5.74) is 0.270. The van der Waals surface area contributed by atoms with Crippen molar-refractivity contribution in [2.45, 2.75) is 33.9 Å². The van der Waals surface area contributed by atoms with Crippen LogP contribution in [0.2, 0.25) is 5.02 Å². The van der Waals surface area contributed by atoms with E-state index in [1.54, 1.807) is 39.0 Å². The molecular formula is C15H19ClF2NO2. The first kappa shape index (κ1) is 17.9. The van der Waals surface area contributed by atoms with Gasteiger partial charge in [0.25, 0.3) is 0 Å². The van der Waals surface area contributed by atoms with Crippen molar-refractivity contribution in [3.8, 4) is 0 Å². The average Bonchev–Trinajstić information content (AvgIpc) is 2.34. The van der Waals surface area contributed by atoms with E-state index in [1.165, 1.54) is 0 Å². The molecule has 0 aromatic heterocycles. The number of nitrogens with one attached hydrogen (secondary N) is 1. The van der Waals surface area contributed by atoms with Gasteiger partial charge < -0.3 is 10.1 Å². The van der Waals surface area contributed by atoms with Crippen LogP contribution in [0.25, 0.3) is 0 Å². The molecule has 0 aliphatic rings. The van der Waals surface area contributed by atoms with Gasteiger partial charge in [-0.2, -0.15) is 8.78 Å². The fourth-order valence-electron chi connectivity index (χ4n) is 1.70. The van der Waals surface area contributed by atoms with Crippen LogP contribution in [0, 0.1) is 11.3 Å². The Bertz CT molecular complexity index is 475. The van der Waals surface area contributed by atoms with E-state index in [2.05, 4.69) is 10.1 Å². The van der Waals surface area contributed by atoms with Crippen molar-refractivity contribution in [1.29, 1.82) is 0 Å². The summed E-state index contributed by atoms with van der Waals surface area (Å²) in [6.07, 6.45) is 0. The van der Waals surface area contributed by atoms with Gasteiger partial charge in [-0.3, -0.25) is 4.79 Å².